The molecule has 1 heterocycles. The zero-order valence-electron chi connectivity index (χ0n) is 16.7. The van der Waals surface area contributed by atoms with Crippen LogP contribution in [0.15, 0.2) is 84.2 Å². The fraction of sp³-hybridized carbons (Fsp3) is 0.0800. The summed E-state index contributed by atoms with van der Waals surface area (Å²) in [6, 6.07) is 21.4. The summed E-state index contributed by atoms with van der Waals surface area (Å²) >= 11 is 1.34. The number of carbonyl (C=O) groups excluding carboxylic acids is 1. The molecule has 0 spiro atoms. The largest absolute Gasteiger partial charge is 0.508 e. The molecule has 6 heteroatoms. The van der Waals surface area contributed by atoms with Crippen molar-refractivity contribution in [1.82, 2.24) is 0 Å². The number of phenolic OH excluding ortho intramolecular Hbond substituents is 1. The molecule has 0 radical (unpaired) electrons. The van der Waals surface area contributed by atoms with E-state index in [1.165, 1.54) is 36.6 Å². The van der Waals surface area contributed by atoms with Crippen molar-refractivity contribution < 1.29 is 19.0 Å². The van der Waals surface area contributed by atoms with E-state index >= 15 is 0 Å². The van der Waals surface area contributed by atoms with Crippen molar-refractivity contribution in [2.24, 2.45) is 0 Å². The van der Waals surface area contributed by atoms with Crippen molar-refractivity contribution in [3.05, 3.63) is 101 Å². The van der Waals surface area contributed by atoms with Crippen LogP contribution in [0.3, 0.4) is 0 Å². The Bertz CT molecular complexity index is 1190. The first-order valence-corrected chi connectivity index (χ1v) is 10.5. The summed E-state index contributed by atoms with van der Waals surface area (Å²) < 4.78 is 18.6. The van der Waals surface area contributed by atoms with Crippen LogP contribution >= 0.6 is 11.3 Å². The van der Waals surface area contributed by atoms with Crippen LogP contribution in [-0.2, 0) is 0 Å². The van der Waals surface area contributed by atoms with Crippen molar-refractivity contribution in [2.75, 3.05) is 12.4 Å². The van der Waals surface area contributed by atoms with Crippen LogP contribution < -0.4 is 10.1 Å². The zero-order chi connectivity index (χ0) is 21.8. The van der Waals surface area contributed by atoms with Gasteiger partial charge in [-0.25, -0.2) is 4.39 Å². The minimum absolute atomic E-state index is 0.0317. The lowest BCUT2D eigenvalue weighted by atomic mass is 9.97. The molecule has 0 aliphatic carbocycles. The van der Waals surface area contributed by atoms with E-state index in [0.717, 1.165) is 16.7 Å². The van der Waals surface area contributed by atoms with Crippen molar-refractivity contribution in [2.45, 2.75) is 6.04 Å². The van der Waals surface area contributed by atoms with Crippen LogP contribution in [0.2, 0.25) is 0 Å². The average molecular weight is 434 g/mol. The van der Waals surface area contributed by atoms with E-state index in [-0.39, 0.29) is 17.3 Å². The molecule has 0 saturated carbocycles. The molecule has 0 amide bonds. The number of ether oxygens (including phenoxy) is 1. The average Bonchev–Trinajstić information content (AvgIpc) is 3.27. The number of hydrogen-bond acceptors (Lipinski definition) is 5. The number of halogens is 1. The predicted molar refractivity (Wildman–Crippen MR) is 122 cm³/mol. The lowest BCUT2D eigenvalue weighted by Crippen LogP contribution is -2.21. The minimum atomic E-state index is -0.689. The summed E-state index contributed by atoms with van der Waals surface area (Å²) in [7, 11) is 1.51. The smallest absolute Gasteiger partial charge is 0.200 e. The first kappa shape index (κ1) is 20.6. The Morgan fingerprint density at radius 1 is 1.03 bits per heavy atom. The lowest BCUT2D eigenvalue weighted by molar-refractivity contribution is 0.0974. The number of nitrogens with one attached hydrogen (secondary N) is 1. The standard InChI is InChI=1S/C25H20FNO3S/c1-30-21-14-19(13-20(28)15-21)27-23(17-5-3-2-4-6-17)24(29)25-22(11-12-31-25)16-7-9-18(26)10-8-16/h2-15,23,27-28H,1H3. The molecular formula is C25H20FNO3S. The van der Waals surface area contributed by atoms with Crippen LogP contribution in [0.25, 0.3) is 11.1 Å². The van der Waals surface area contributed by atoms with Gasteiger partial charge in [0.15, 0.2) is 5.78 Å². The van der Waals surface area contributed by atoms with Gasteiger partial charge >= 0.3 is 0 Å². The molecule has 4 nitrogen and oxygen atoms in total. The second-order valence-corrected chi connectivity index (χ2v) is 7.86. The molecule has 4 aromatic rings. The monoisotopic (exact) mass is 433 g/mol. The van der Waals surface area contributed by atoms with Gasteiger partial charge in [0.2, 0.25) is 0 Å². The van der Waals surface area contributed by atoms with Gasteiger partial charge in [0, 0.05) is 29.4 Å². The Labute approximate surface area is 183 Å². The van der Waals surface area contributed by atoms with E-state index in [1.807, 2.05) is 41.8 Å². The van der Waals surface area contributed by atoms with Crippen LogP contribution in [0.4, 0.5) is 10.1 Å². The molecule has 0 aliphatic heterocycles. The van der Waals surface area contributed by atoms with Crippen LogP contribution in [0.1, 0.15) is 21.3 Å². The van der Waals surface area contributed by atoms with Crippen LogP contribution in [0, 0.1) is 5.82 Å². The fourth-order valence-electron chi connectivity index (χ4n) is 3.38. The molecule has 0 aliphatic rings. The number of anilines is 1. The molecule has 1 atom stereocenters. The van der Waals surface area contributed by atoms with Crippen molar-refractivity contribution in [3.63, 3.8) is 0 Å². The molecule has 2 N–H and O–H groups in total. The second-order valence-electron chi connectivity index (χ2n) is 6.94. The highest BCUT2D eigenvalue weighted by atomic mass is 32.1. The number of methoxy groups -OCH3 is 1. The molecular weight excluding hydrogens is 413 g/mol. The van der Waals surface area contributed by atoms with E-state index in [2.05, 4.69) is 5.32 Å². The van der Waals surface area contributed by atoms with Gasteiger partial charge < -0.3 is 15.2 Å². The maximum Gasteiger partial charge on any atom is 0.200 e. The summed E-state index contributed by atoms with van der Waals surface area (Å²) in [5.74, 6) is 0.0606. The Kier molecular flexibility index (Phi) is 6.00. The first-order chi connectivity index (χ1) is 15.0. The third-order valence-corrected chi connectivity index (χ3v) is 5.81. The van der Waals surface area contributed by atoms with Gasteiger partial charge in [0.1, 0.15) is 23.4 Å². The van der Waals surface area contributed by atoms with Gasteiger partial charge in [-0.05, 0) is 34.7 Å². The number of ketones is 1. The van der Waals surface area contributed by atoms with Crippen molar-refractivity contribution in [3.8, 4) is 22.6 Å². The Balaban J connectivity index is 1.74. The van der Waals surface area contributed by atoms with Crippen LogP contribution in [0.5, 0.6) is 11.5 Å². The van der Waals surface area contributed by atoms with E-state index in [4.69, 9.17) is 4.74 Å². The molecule has 4 rings (SSSR count). The van der Waals surface area contributed by atoms with Crippen LogP contribution in [-0.4, -0.2) is 18.0 Å². The lowest BCUT2D eigenvalue weighted by Gasteiger charge is -2.20. The number of thiophene rings is 1. The maximum absolute atomic E-state index is 13.7. The summed E-state index contributed by atoms with van der Waals surface area (Å²) in [5, 5.41) is 15.1. The van der Waals surface area contributed by atoms with Crippen molar-refractivity contribution in [1.29, 1.82) is 0 Å². The van der Waals surface area contributed by atoms with E-state index in [9.17, 15) is 14.3 Å². The second kappa shape index (κ2) is 9.02. The van der Waals surface area contributed by atoms with Gasteiger partial charge in [0.25, 0.3) is 0 Å². The number of aromatic hydroxyl groups is 1. The molecule has 0 fully saturated rings. The summed E-state index contributed by atoms with van der Waals surface area (Å²) in [6.07, 6.45) is 0. The molecule has 1 unspecified atom stereocenters. The number of rotatable bonds is 7. The SMILES string of the molecule is COc1cc(O)cc(NC(C(=O)c2sccc2-c2ccc(F)cc2)c2ccccc2)c1. The summed E-state index contributed by atoms with van der Waals surface area (Å²) in [4.78, 5) is 14.3. The fourth-order valence-corrected chi connectivity index (χ4v) is 4.27. The molecule has 1 aromatic heterocycles. The minimum Gasteiger partial charge on any atom is -0.508 e. The number of phenols is 1. The van der Waals surface area contributed by atoms with E-state index < -0.39 is 6.04 Å². The number of carbonyl (C=O) groups is 1. The highest BCUT2D eigenvalue weighted by Crippen LogP contribution is 2.35. The molecule has 0 saturated heterocycles. The normalized spacial score (nSPS) is 11.7. The third-order valence-electron chi connectivity index (χ3n) is 4.88. The van der Waals surface area contributed by atoms with Gasteiger partial charge in [-0.3, -0.25) is 4.79 Å². The van der Waals surface area contributed by atoms with Gasteiger partial charge in [-0.2, -0.15) is 0 Å². The quantitative estimate of drug-likeness (QED) is 0.336. The molecule has 0 bridgehead atoms. The van der Waals surface area contributed by atoms with Crippen molar-refractivity contribution >= 4 is 22.8 Å². The zero-order valence-corrected chi connectivity index (χ0v) is 17.5. The van der Waals surface area contributed by atoms with E-state index in [1.54, 1.807) is 24.3 Å². The molecule has 156 valence electrons. The highest BCUT2D eigenvalue weighted by Gasteiger charge is 2.26. The topological polar surface area (TPSA) is 58.6 Å². The summed E-state index contributed by atoms with van der Waals surface area (Å²) in [5.41, 5.74) is 2.87. The molecule has 3 aromatic carbocycles. The maximum atomic E-state index is 13.7. The number of hydrogen-bond donors (Lipinski definition) is 2. The molecule has 31 heavy (non-hydrogen) atoms. The first-order valence-electron chi connectivity index (χ1n) is 9.62. The number of benzene rings is 3. The Morgan fingerprint density at radius 2 is 1.77 bits per heavy atom. The Hall–Kier alpha value is -3.64. The number of Topliss-reactive ketones (excluding diaryl/α,β-unsaturated/α-hetero) is 1. The summed E-state index contributed by atoms with van der Waals surface area (Å²) in [6.45, 7) is 0. The highest BCUT2D eigenvalue weighted by molar-refractivity contribution is 7.12. The third kappa shape index (κ3) is 4.59. The van der Waals surface area contributed by atoms with E-state index in [0.29, 0.717) is 16.3 Å². The van der Waals surface area contributed by atoms with Gasteiger partial charge in [-0.1, -0.05) is 42.5 Å². The van der Waals surface area contributed by atoms with Gasteiger partial charge in [0.05, 0.1) is 12.0 Å². The van der Waals surface area contributed by atoms with Gasteiger partial charge in [-0.15, -0.1) is 11.3 Å². The Morgan fingerprint density at radius 3 is 2.48 bits per heavy atom. The predicted octanol–water partition coefficient (Wildman–Crippen LogP) is 6.30.